The molecule has 9 heteroatoms. The van der Waals surface area contributed by atoms with Gasteiger partial charge < -0.3 is 4.90 Å². The second-order valence-electron chi connectivity index (χ2n) is 6.75. The van der Waals surface area contributed by atoms with Crippen LogP contribution in [-0.2, 0) is 26.1 Å². The maximum atomic E-state index is 12.4. The van der Waals surface area contributed by atoms with E-state index in [-0.39, 0.29) is 15.8 Å². The lowest BCUT2D eigenvalue weighted by atomic mass is 9.93. The SMILES string of the molecule is CC1c2cc(Cl)cc(Cl)c2CCN1c1ccc(S(C)(=O)=O)cc1S(C)(=O)=O. The molecule has 1 aliphatic heterocycles. The molecule has 0 amide bonds. The van der Waals surface area contributed by atoms with Gasteiger partial charge >= 0.3 is 0 Å². The minimum absolute atomic E-state index is 0.00569. The minimum Gasteiger partial charge on any atom is -0.363 e. The van der Waals surface area contributed by atoms with Crippen LogP contribution in [0, 0.1) is 0 Å². The molecule has 2 aromatic rings. The minimum atomic E-state index is -3.64. The predicted molar refractivity (Wildman–Crippen MR) is 109 cm³/mol. The summed E-state index contributed by atoms with van der Waals surface area (Å²) in [5.74, 6) is 0. The number of rotatable bonds is 3. The second kappa shape index (κ2) is 6.95. The van der Waals surface area contributed by atoms with Crippen LogP contribution in [0.5, 0.6) is 0 Å². The first-order valence-corrected chi connectivity index (χ1v) is 12.7. The van der Waals surface area contributed by atoms with Crippen molar-refractivity contribution in [2.45, 2.75) is 29.2 Å². The molecule has 0 aromatic heterocycles. The Morgan fingerprint density at radius 3 is 2.26 bits per heavy atom. The molecule has 2 aromatic carbocycles. The summed E-state index contributed by atoms with van der Waals surface area (Å²) in [4.78, 5) is 1.91. The van der Waals surface area contributed by atoms with Gasteiger partial charge in [-0.3, -0.25) is 0 Å². The Hall–Kier alpha value is -1.28. The third-order valence-corrected chi connectivity index (χ3v) is 7.58. The first kappa shape index (κ1) is 20.5. The maximum Gasteiger partial charge on any atom is 0.177 e. The smallest absolute Gasteiger partial charge is 0.177 e. The highest BCUT2D eigenvalue weighted by molar-refractivity contribution is 7.91. The van der Waals surface area contributed by atoms with Crippen LogP contribution in [0.1, 0.15) is 24.1 Å². The Kier molecular flexibility index (Phi) is 5.27. The second-order valence-corrected chi connectivity index (χ2v) is 11.6. The van der Waals surface area contributed by atoms with E-state index in [1.54, 1.807) is 12.1 Å². The molecule has 1 heterocycles. The van der Waals surface area contributed by atoms with Gasteiger partial charge in [-0.05, 0) is 54.8 Å². The zero-order valence-corrected chi connectivity index (χ0v) is 18.2. The monoisotopic (exact) mass is 447 g/mol. The molecular formula is C18H19Cl2NO4S2. The molecule has 0 saturated heterocycles. The molecular weight excluding hydrogens is 429 g/mol. The molecule has 1 unspecified atom stereocenters. The number of sulfone groups is 2. The highest BCUT2D eigenvalue weighted by atomic mass is 35.5. The fraction of sp³-hybridized carbons (Fsp3) is 0.333. The van der Waals surface area contributed by atoms with Gasteiger partial charge in [-0.2, -0.15) is 0 Å². The molecule has 27 heavy (non-hydrogen) atoms. The van der Waals surface area contributed by atoms with Gasteiger partial charge in [0.25, 0.3) is 0 Å². The van der Waals surface area contributed by atoms with Gasteiger partial charge in [0.2, 0.25) is 0 Å². The molecule has 5 nitrogen and oxygen atoms in total. The van der Waals surface area contributed by atoms with E-state index in [2.05, 4.69) is 0 Å². The molecule has 1 atom stereocenters. The lowest BCUT2D eigenvalue weighted by molar-refractivity contribution is 0.594. The van der Waals surface area contributed by atoms with Gasteiger partial charge in [0.1, 0.15) is 0 Å². The van der Waals surface area contributed by atoms with Gasteiger partial charge in [-0.1, -0.05) is 23.2 Å². The van der Waals surface area contributed by atoms with E-state index in [1.807, 2.05) is 17.9 Å². The molecule has 1 aliphatic rings. The van der Waals surface area contributed by atoms with Crippen LogP contribution in [0.15, 0.2) is 40.1 Å². The van der Waals surface area contributed by atoms with Crippen LogP contribution >= 0.6 is 23.2 Å². The van der Waals surface area contributed by atoms with Crippen molar-refractivity contribution < 1.29 is 16.8 Å². The quantitative estimate of drug-likeness (QED) is 0.712. The lowest BCUT2D eigenvalue weighted by Gasteiger charge is -2.38. The zero-order valence-electron chi connectivity index (χ0n) is 15.0. The number of fused-ring (bicyclic) bond motifs is 1. The molecule has 0 aliphatic carbocycles. The number of hydrogen-bond donors (Lipinski definition) is 0. The van der Waals surface area contributed by atoms with Crippen molar-refractivity contribution in [3.63, 3.8) is 0 Å². The summed E-state index contributed by atoms with van der Waals surface area (Å²) in [5.41, 5.74) is 2.41. The Labute approximate surface area is 169 Å². The van der Waals surface area contributed by atoms with E-state index in [0.29, 0.717) is 28.7 Å². The van der Waals surface area contributed by atoms with E-state index >= 15 is 0 Å². The lowest BCUT2D eigenvalue weighted by Crippen LogP contribution is -2.35. The van der Waals surface area contributed by atoms with Crippen molar-refractivity contribution in [3.8, 4) is 0 Å². The number of nitrogens with zero attached hydrogens (tertiary/aromatic N) is 1. The Morgan fingerprint density at radius 1 is 1.00 bits per heavy atom. The summed E-state index contributed by atoms with van der Waals surface area (Å²) in [7, 11) is -7.17. The first-order valence-electron chi connectivity index (χ1n) is 8.18. The van der Waals surface area contributed by atoms with Crippen LogP contribution < -0.4 is 4.90 Å². The third-order valence-electron chi connectivity index (χ3n) is 4.78. The molecule has 146 valence electrons. The van der Waals surface area contributed by atoms with Crippen molar-refractivity contribution in [3.05, 3.63) is 51.5 Å². The highest BCUT2D eigenvalue weighted by Crippen LogP contribution is 2.40. The summed E-state index contributed by atoms with van der Waals surface area (Å²) < 4.78 is 48.5. The van der Waals surface area contributed by atoms with Gasteiger partial charge in [0.05, 0.1) is 21.5 Å². The van der Waals surface area contributed by atoms with Crippen LogP contribution in [0.4, 0.5) is 5.69 Å². The fourth-order valence-corrected chi connectivity index (χ4v) is 5.67. The number of anilines is 1. The zero-order chi connectivity index (χ0) is 20.1. The summed E-state index contributed by atoms with van der Waals surface area (Å²) in [6.07, 6.45) is 2.76. The van der Waals surface area contributed by atoms with Crippen molar-refractivity contribution >= 4 is 48.6 Å². The summed E-state index contributed by atoms with van der Waals surface area (Å²) in [5, 5.41) is 1.11. The predicted octanol–water partition coefficient (Wildman–Crippen LogP) is 3.92. The van der Waals surface area contributed by atoms with Crippen molar-refractivity contribution in [2.75, 3.05) is 24.0 Å². The molecule has 0 radical (unpaired) electrons. The molecule has 3 rings (SSSR count). The standard InChI is InChI=1S/C18H19Cl2NO4S2/c1-11-15-8-12(19)9-16(20)14(15)6-7-21(11)17-5-4-13(26(2,22)23)10-18(17)27(3,24)25/h4-5,8-11H,6-7H2,1-3H3. The van der Waals surface area contributed by atoms with Gasteiger partial charge in [0.15, 0.2) is 19.7 Å². The molecule has 0 saturated carbocycles. The normalized spacial score (nSPS) is 17.7. The van der Waals surface area contributed by atoms with Crippen molar-refractivity contribution in [1.29, 1.82) is 0 Å². The highest BCUT2D eigenvalue weighted by Gasteiger charge is 2.30. The van der Waals surface area contributed by atoms with Crippen molar-refractivity contribution in [2.24, 2.45) is 0 Å². The van der Waals surface area contributed by atoms with Crippen LogP contribution in [0.2, 0.25) is 10.0 Å². The summed E-state index contributed by atoms with van der Waals surface area (Å²) in [6.45, 7) is 2.50. The van der Waals surface area contributed by atoms with Crippen LogP contribution in [0.25, 0.3) is 0 Å². The van der Waals surface area contributed by atoms with Crippen LogP contribution in [-0.4, -0.2) is 35.9 Å². The molecule has 0 fully saturated rings. The average molecular weight is 448 g/mol. The maximum absolute atomic E-state index is 12.4. The van der Waals surface area contributed by atoms with E-state index in [1.165, 1.54) is 12.1 Å². The van der Waals surface area contributed by atoms with Crippen molar-refractivity contribution in [1.82, 2.24) is 0 Å². The topological polar surface area (TPSA) is 71.5 Å². The Morgan fingerprint density at radius 2 is 1.67 bits per heavy atom. The van der Waals surface area contributed by atoms with E-state index in [4.69, 9.17) is 23.2 Å². The molecule has 0 spiro atoms. The van der Waals surface area contributed by atoms with E-state index in [0.717, 1.165) is 23.6 Å². The average Bonchev–Trinajstić information content (AvgIpc) is 2.53. The first-order chi connectivity index (χ1) is 12.4. The van der Waals surface area contributed by atoms with Gasteiger partial charge in [-0.15, -0.1) is 0 Å². The number of hydrogen-bond acceptors (Lipinski definition) is 5. The number of benzene rings is 2. The largest absolute Gasteiger partial charge is 0.363 e. The van der Waals surface area contributed by atoms with Crippen LogP contribution in [0.3, 0.4) is 0 Å². The Bertz CT molecular complexity index is 1130. The van der Waals surface area contributed by atoms with E-state index in [9.17, 15) is 16.8 Å². The fourth-order valence-electron chi connectivity index (χ4n) is 3.44. The number of halogens is 2. The molecule has 0 N–H and O–H groups in total. The summed E-state index contributed by atoms with van der Waals surface area (Å²) in [6, 6.07) is 7.59. The van der Waals surface area contributed by atoms with Gasteiger partial charge in [-0.25, -0.2) is 16.8 Å². The third kappa shape index (κ3) is 3.97. The Balaban J connectivity index is 2.17. The van der Waals surface area contributed by atoms with Gasteiger partial charge in [0, 0.05) is 29.1 Å². The molecule has 0 bridgehead atoms. The van der Waals surface area contributed by atoms with E-state index < -0.39 is 19.7 Å². The summed E-state index contributed by atoms with van der Waals surface area (Å²) >= 11 is 12.5.